The SMILES string of the molecule is N#CC1=C(SCC(=O)c2ccc(Br)cc2)NC2=C(C(=O)CCC2)[C@H]1c1ccco1. The van der Waals surface area contributed by atoms with Crippen molar-refractivity contribution < 1.29 is 14.0 Å². The fourth-order valence-electron chi connectivity index (χ4n) is 3.63. The summed E-state index contributed by atoms with van der Waals surface area (Å²) in [4.78, 5) is 25.2. The van der Waals surface area contributed by atoms with Crippen LogP contribution in [-0.4, -0.2) is 17.3 Å². The number of dihydropyridines is 1. The quantitative estimate of drug-likeness (QED) is 0.615. The normalized spacial score (nSPS) is 18.9. The molecule has 0 saturated heterocycles. The Labute approximate surface area is 181 Å². The number of carbonyl (C=O) groups excluding carboxylic acids is 2. The van der Waals surface area contributed by atoms with Crippen LogP contribution in [0.5, 0.6) is 0 Å². The van der Waals surface area contributed by atoms with Crippen LogP contribution < -0.4 is 5.32 Å². The van der Waals surface area contributed by atoms with Crippen molar-refractivity contribution in [2.45, 2.75) is 25.2 Å². The highest BCUT2D eigenvalue weighted by atomic mass is 79.9. The first-order valence-corrected chi connectivity index (χ1v) is 11.0. The van der Waals surface area contributed by atoms with Gasteiger partial charge >= 0.3 is 0 Å². The second-order valence-electron chi connectivity index (χ2n) is 6.82. The molecular formula is C22H17BrN2O3S. The zero-order valence-electron chi connectivity index (χ0n) is 15.4. The van der Waals surface area contributed by atoms with Gasteiger partial charge in [0.05, 0.1) is 34.6 Å². The number of carbonyl (C=O) groups is 2. The number of thioether (sulfide) groups is 1. The molecule has 4 rings (SSSR count). The second kappa shape index (κ2) is 8.44. The van der Waals surface area contributed by atoms with Gasteiger partial charge in [0, 0.05) is 27.7 Å². The van der Waals surface area contributed by atoms with E-state index in [1.165, 1.54) is 11.8 Å². The number of ketones is 2. The maximum atomic E-state index is 12.6. The van der Waals surface area contributed by atoms with Crippen LogP contribution in [0, 0.1) is 11.3 Å². The zero-order valence-corrected chi connectivity index (χ0v) is 17.8. The van der Waals surface area contributed by atoms with Crippen LogP contribution in [0.4, 0.5) is 0 Å². The molecule has 0 bridgehead atoms. The number of furan rings is 1. The topological polar surface area (TPSA) is 83.1 Å². The van der Waals surface area contributed by atoms with Crippen molar-refractivity contribution in [1.29, 1.82) is 5.26 Å². The molecule has 0 saturated carbocycles. The number of halogens is 1. The summed E-state index contributed by atoms with van der Waals surface area (Å²) in [5.41, 5.74) is 2.49. The maximum absolute atomic E-state index is 12.6. The van der Waals surface area contributed by atoms with E-state index in [4.69, 9.17) is 4.42 Å². The van der Waals surface area contributed by atoms with Crippen molar-refractivity contribution in [3.63, 3.8) is 0 Å². The highest BCUT2D eigenvalue weighted by molar-refractivity contribution is 9.10. The summed E-state index contributed by atoms with van der Waals surface area (Å²) in [5, 5.41) is 13.8. The molecule has 2 heterocycles. The lowest BCUT2D eigenvalue weighted by atomic mass is 9.79. The van der Waals surface area contributed by atoms with Gasteiger partial charge in [0.25, 0.3) is 0 Å². The third-order valence-electron chi connectivity index (χ3n) is 5.00. The number of Topliss-reactive ketones (excluding diaryl/α,β-unsaturated/α-hetero) is 2. The van der Waals surface area contributed by atoms with Gasteiger partial charge in [0.15, 0.2) is 11.6 Å². The van der Waals surface area contributed by atoms with Crippen molar-refractivity contribution in [3.8, 4) is 6.07 Å². The fourth-order valence-corrected chi connectivity index (χ4v) is 4.86. The van der Waals surface area contributed by atoms with Gasteiger partial charge in [0.1, 0.15) is 5.76 Å². The summed E-state index contributed by atoms with van der Waals surface area (Å²) in [6, 6.07) is 13.0. The van der Waals surface area contributed by atoms with Gasteiger partial charge in [0.2, 0.25) is 0 Å². The van der Waals surface area contributed by atoms with Crippen LogP contribution in [0.25, 0.3) is 0 Å². The molecule has 1 aromatic heterocycles. The molecule has 0 radical (unpaired) electrons. The fraction of sp³-hybridized carbons (Fsp3) is 0.227. The van der Waals surface area contributed by atoms with E-state index in [0.717, 1.165) is 23.0 Å². The number of nitrogens with zero attached hydrogens (tertiary/aromatic N) is 1. The van der Waals surface area contributed by atoms with E-state index < -0.39 is 5.92 Å². The molecule has 2 aromatic rings. The summed E-state index contributed by atoms with van der Waals surface area (Å²) in [6.07, 6.45) is 3.53. The first-order valence-electron chi connectivity index (χ1n) is 9.21. The lowest BCUT2D eigenvalue weighted by Crippen LogP contribution is -2.31. The first kappa shape index (κ1) is 19.7. The van der Waals surface area contributed by atoms with Gasteiger partial charge in [-0.15, -0.1) is 0 Å². The Balaban J connectivity index is 1.64. The molecule has 2 aliphatic rings. The maximum Gasteiger partial charge on any atom is 0.173 e. The van der Waals surface area contributed by atoms with E-state index in [-0.39, 0.29) is 17.3 Å². The van der Waals surface area contributed by atoms with Crippen molar-refractivity contribution in [2.24, 2.45) is 0 Å². The average Bonchev–Trinajstić information content (AvgIpc) is 3.26. The van der Waals surface area contributed by atoms with Crippen LogP contribution in [0.1, 0.15) is 41.3 Å². The molecule has 5 nitrogen and oxygen atoms in total. The summed E-state index contributed by atoms with van der Waals surface area (Å²) in [5.74, 6) is 0.259. The van der Waals surface area contributed by atoms with Gasteiger partial charge in [-0.25, -0.2) is 0 Å². The summed E-state index contributed by atoms with van der Waals surface area (Å²) in [7, 11) is 0. The van der Waals surface area contributed by atoms with E-state index in [1.807, 2.05) is 12.1 Å². The number of hydrogen-bond acceptors (Lipinski definition) is 6. The summed E-state index contributed by atoms with van der Waals surface area (Å²) in [6.45, 7) is 0. The number of nitrogens with one attached hydrogen (secondary N) is 1. The Morgan fingerprint density at radius 3 is 2.76 bits per heavy atom. The Morgan fingerprint density at radius 2 is 2.07 bits per heavy atom. The van der Waals surface area contributed by atoms with E-state index >= 15 is 0 Å². The van der Waals surface area contributed by atoms with Crippen LogP contribution >= 0.6 is 27.7 Å². The van der Waals surface area contributed by atoms with Crippen molar-refractivity contribution in [1.82, 2.24) is 5.32 Å². The monoisotopic (exact) mass is 468 g/mol. The average molecular weight is 469 g/mol. The van der Waals surface area contributed by atoms with E-state index in [2.05, 4.69) is 27.3 Å². The Bertz CT molecular complexity index is 1060. The lowest BCUT2D eigenvalue weighted by Gasteiger charge is -2.32. The molecule has 0 amide bonds. The third-order valence-corrected chi connectivity index (χ3v) is 6.55. The minimum Gasteiger partial charge on any atom is -0.468 e. The molecule has 29 heavy (non-hydrogen) atoms. The predicted molar refractivity (Wildman–Crippen MR) is 114 cm³/mol. The van der Waals surface area contributed by atoms with Crippen molar-refractivity contribution in [3.05, 3.63) is 80.3 Å². The van der Waals surface area contributed by atoms with E-state index in [1.54, 1.807) is 30.5 Å². The highest BCUT2D eigenvalue weighted by Gasteiger charge is 2.38. The number of benzene rings is 1. The summed E-state index contributed by atoms with van der Waals surface area (Å²) < 4.78 is 6.49. The first-order chi connectivity index (χ1) is 14.1. The second-order valence-corrected chi connectivity index (χ2v) is 8.72. The van der Waals surface area contributed by atoms with E-state index in [9.17, 15) is 14.9 Å². The van der Waals surface area contributed by atoms with Crippen LogP contribution in [0.15, 0.2) is 73.4 Å². The Hall–Kier alpha value is -2.56. The number of hydrogen-bond donors (Lipinski definition) is 1. The number of allylic oxidation sites excluding steroid dienone is 3. The predicted octanol–water partition coefficient (Wildman–Crippen LogP) is 5.09. The van der Waals surface area contributed by atoms with Gasteiger partial charge < -0.3 is 9.73 Å². The zero-order chi connectivity index (χ0) is 20.4. The summed E-state index contributed by atoms with van der Waals surface area (Å²) >= 11 is 4.66. The van der Waals surface area contributed by atoms with Crippen LogP contribution in [-0.2, 0) is 4.79 Å². The van der Waals surface area contributed by atoms with Gasteiger partial charge in [-0.1, -0.05) is 39.8 Å². The molecule has 146 valence electrons. The lowest BCUT2D eigenvalue weighted by molar-refractivity contribution is -0.116. The number of nitriles is 1. The van der Waals surface area contributed by atoms with E-state index in [0.29, 0.717) is 33.9 Å². The molecule has 1 aromatic carbocycles. The highest BCUT2D eigenvalue weighted by Crippen LogP contribution is 2.44. The molecule has 0 fully saturated rings. The molecule has 1 N–H and O–H groups in total. The largest absolute Gasteiger partial charge is 0.468 e. The third kappa shape index (κ3) is 3.96. The molecule has 7 heteroatoms. The smallest absolute Gasteiger partial charge is 0.173 e. The standard InChI is InChI=1S/C22H17BrN2O3S/c23-14-8-6-13(7-9-14)18(27)12-29-22-15(11-24)20(19-5-2-10-28-19)21-16(25-22)3-1-4-17(21)26/h2,5-10,20,25H,1,3-4,12H2/t20-/m1/s1. The van der Waals surface area contributed by atoms with Gasteiger partial charge in [-0.05, 0) is 37.1 Å². The molecule has 1 aliphatic heterocycles. The minimum absolute atomic E-state index is 0.0249. The van der Waals surface area contributed by atoms with Crippen molar-refractivity contribution >= 4 is 39.3 Å². The number of rotatable bonds is 5. The minimum atomic E-state index is -0.524. The molecule has 1 atom stereocenters. The molecule has 0 spiro atoms. The molecular weight excluding hydrogens is 452 g/mol. The van der Waals surface area contributed by atoms with Crippen molar-refractivity contribution in [2.75, 3.05) is 5.75 Å². The molecule has 0 unspecified atom stereocenters. The molecule has 1 aliphatic carbocycles. The Morgan fingerprint density at radius 1 is 1.28 bits per heavy atom. The van der Waals surface area contributed by atoms with Gasteiger partial charge in [-0.3, -0.25) is 9.59 Å². The van der Waals surface area contributed by atoms with Crippen LogP contribution in [0.2, 0.25) is 0 Å². The Kier molecular flexibility index (Phi) is 5.74. The van der Waals surface area contributed by atoms with Crippen LogP contribution in [0.3, 0.4) is 0 Å². The van der Waals surface area contributed by atoms with Gasteiger partial charge in [-0.2, -0.15) is 5.26 Å².